The molecule has 4 heteroatoms. The third-order valence-corrected chi connectivity index (χ3v) is 2.92. The lowest BCUT2D eigenvalue weighted by Gasteiger charge is -2.25. The molecule has 0 saturated heterocycles. The molecule has 1 atom stereocenters. The predicted molar refractivity (Wildman–Crippen MR) is 73.2 cm³/mol. The molecule has 0 aliphatic heterocycles. The number of benzene rings is 1. The molecule has 0 fully saturated rings. The van der Waals surface area contributed by atoms with Crippen molar-refractivity contribution in [3.8, 4) is 0 Å². The molecular weight excluding hydrogens is 253 g/mol. The Bertz CT molecular complexity index is 393. The van der Waals surface area contributed by atoms with Crippen LogP contribution in [0.2, 0.25) is 5.02 Å². The van der Waals surface area contributed by atoms with Crippen molar-refractivity contribution < 1.29 is 9.50 Å². The van der Waals surface area contributed by atoms with Gasteiger partial charge < -0.3 is 10.4 Å². The van der Waals surface area contributed by atoms with Gasteiger partial charge in [-0.1, -0.05) is 31.5 Å². The number of rotatable bonds is 6. The average Bonchev–Trinajstić information content (AvgIpc) is 2.19. The van der Waals surface area contributed by atoms with Gasteiger partial charge >= 0.3 is 0 Å². The molecule has 0 radical (unpaired) electrons. The Kier molecular flexibility index (Phi) is 5.57. The van der Waals surface area contributed by atoms with Crippen LogP contribution < -0.4 is 5.32 Å². The molecule has 1 unspecified atom stereocenters. The van der Waals surface area contributed by atoms with Crippen LogP contribution in [0.15, 0.2) is 18.2 Å². The maximum Gasteiger partial charge on any atom is 0.129 e. The summed E-state index contributed by atoms with van der Waals surface area (Å²) in [4.78, 5) is 0. The summed E-state index contributed by atoms with van der Waals surface area (Å²) < 4.78 is 13.5. The van der Waals surface area contributed by atoms with E-state index in [2.05, 4.69) is 19.2 Å². The van der Waals surface area contributed by atoms with Gasteiger partial charge in [-0.25, -0.2) is 4.39 Å². The summed E-state index contributed by atoms with van der Waals surface area (Å²) in [6.45, 7) is 6.74. The molecule has 0 aliphatic rings. The molecule has 18 heavy (non-hydrogen) atoms. The van der Waals surface area contributed by atoms with Crippen molar-refractivity contribution in [2.75, 3.05) is 6.54 Å². The van der Waals surface area contributed by atoms with Crippen molar-refractivity contribution in [3.63, 3.8) is 0 Å². The zero-order valence-corrected chi connectivity index (χ0v) is 11.9. The van der Waals surface area contributed by atoms with E-state index >= 15 is 0 Å². The van der Waals surface area contributed by atoms with Crippen LogP contribution in [0.4, 0.5) is 4.39 Å². The second-order valence-corrected chi connectivity index (χ2v) is 5.87. The molecule has 0 saturated carbocycles. The van der Waals surface area contributed by atoms with Crippen molar-refractivity contribution in [2.24, 2.45) is 5.92 Å². The number of hydrogen-bond donors (Lipinski definition) is 2. The van der Waals surface area contributed by atoms with Crippen LogP contribution in [0.1, 0.15) is 32.8 Å². The third kappa shape index (κ3) is 5.34. The van der Waals surface area contributed by atoms with Crippen LogP contribution >= 0.6 is 11.6 Å². The summed E-state index contributed by atoms with van der Waals surface area (Å²) in [7, 11) is 0. The first kappa shape index (κ1) is 15.4. The maximum absolute atomic E-state index is 13.5. The Morgan fingerprint density at radius 1 is 1.44 bits per heavy atom. The highest BCUT2D eigenvalue weighted by molar-refractivity contribution is 6.30. The second-order valence-electron chi connectivity index (χ2n) is 5.43. The largest absolute Gasteiger partial charge is 0.389 e. The van der Waals surface area contributed by atoms with Crippen LogP contribution in [-0.4, -0.2) is 17.3 Å². The summed E-state index contributed by atoms with van der Waals surface area (Å²) >= 11 is 5.68. The molecule has 1 aromatic rings. The van der Waals surface area contributed by atoms with Gasteiger partial charge in [-0.2, -0.15) is 0 Å². The zero-order chi connectivity index (χ0) is 13.8. The fraction of sp³-hybridized carbons (Fsp3) is 0.571. The smallest absolute Gasteiger partial charge is 0.129 e. The molecule has 0 aromatic heterocycles. The van der Waals surface area contributed by atoms with E-state index in [1.54, 1.807) is 19.1 Å². The van der Waals surface area contributed by atoms with Gasteiger partial charge in [0.2, 0.25) is 0 Å². The molecule has 1 aromatic carbocycles. The lowest BCUT2D eigenvalue weighted by molar-refractivity contribution is 0.0382. The van der Waals surface area contributed by atoms with Crippen LogP contribution in [0, 0.1) is 11.7 Å². The van der Waals surface area contributed by atoms with Crippen LogP contribution in [-0.2, 0) is 6.54 Å². The normalized spacial score (nSPS) is 14.8. The molecule has 102 valence electrons. The Morgan fingerprint density at radius 2 is 2.11 bits per heavy atom. The van der Waals surface area contributed by atoms with E-state index in [0.29, 0.717) is 36.0 Å². The highest BCUT2D eigenvalue weighted by atomic mass is 35.5. The molecular formula is C14H21ClFNO. The van der Waals surface area contributed by atoms with Crippen LogP contribution in [0.25, 0.3) is 0 Å². The average molecular weight is 274 g/mol. The Hall–Kier alpha value is -0.640. The second kappa shape index (κ2) is 6.50. The van der Waals surface area contributed by atoms with Crippen LogP contribution in [0.3, 0.4) is 0 Å². The lowest BCUT2D eigenvalue weighted by atomic mass is 9.94. The number of hydrogen-bond acceptors (Lipinski definition) is 2. The Balaban J connectivity index is 2.46. The topological polar surface area (TPSA) is 32.3 Å². The minimum absolute atomic E-state index is 0.321. The fourth-order valence-electron chi connectivity index (χ4n) is 2.08. The van der Waals surface area contributed by atoms with Crippen molar-refractivity contribution in [3.05, 3.63) is 34.6 Å². The number of nitrogens with one attached hydrogen (secondary N) is 1. The number of halogens is 2. The monoisotopic (exact) mass is 273 g/mol. The van der Waals surface area contributed by atoms with Crippen LogP contribution in [0.5, 0.6) is 0 Å². The first-order valence-corrected chi connectivity index (χ1v) is 6.55. The fourth-order valence-corrected chi connectivity index (χ4v) is 2.24. The molecule has 0 amide bonds. The zero-order valence-electron chi connectivity index (χ0n) is 11.1. The molecule has 2 nitrogen and oxygen atoms in total. The number of aliphatic hydroxyl groups is 1. The van der Waals surface area contributed by atoms with E-state index in [-0.39, 0.29) is 5.82 Å². The van der Waals surface area contributed by atoms with Gasteiger partial charge in [0.1, 0.15) is 5.82 Å². The van der Waals surface area contributed by atoms with Gasteiger partial charge in [0, 0.05) is 23.7 Å². The van der Waals surface area contributed by atoms with Gasteiger partial charge in [0.15, 0.2) is 0 Å². The van der Waals surface area contributed by atoms with E-state index in [9.17, 15) is 9.50 Å². The van der Waals surface area contributed by atoms with Crippen molar-refractivity contribution >= 4 is 11.6 Å². The van der Waals surface area contributed by atoms with Crippen molar-refractivity contribution in [2.45, 2.75) is 39.3 Å². The Labute approximate surface area is 113 Å². The van der Waals surface area contributed by atoms with E-state index < -0.39 is 5.60 Å². The highest BCUT2D eigenvalue weighted by Crippen LogP contribution is 2.17. The lowest BCUT2D eigenvalue weighted by Crippen LogP contribution is -2.38. The van der Waals surface area contributed by atoms with Gasteiger partial charge in [0.05, 0.1) is 5.60 Å². The summed E-state index contributed by atoms with van der Waals surface area (Å²) in [5.74, 6) is 0.104. The van der Waals surface area contributed by atoms with Gasteiger partial charge in [-0.15, -0.1) is 0 Å². The van der Waals surface area contributed by atoms with Gasteiger partial charge in [0.25, 0.3) is 0 Å². The van der Waals surface area contributed by atoms with Gasteiger partial charge in [-0.05, 0) is 31.4 Å². The molecule has 1 rings (SSSR count). The summed E-state index contributed by atoms with van der Waals surface area (Å²) in [6, 6.07) is 4.61. The first-order valence-electron chi connectivity index (χ1n) is 6.17. The molecule has 0 aliphatic carbocycles. The third-order valence-electron chi connectivity index (χ3n) is 2.68. The van der Waals surface area contributed by atoms with E-state index in [0.717, 1.165) is 0 Å². The first-order chi connectivity index (χ1) is 8.30. The molecule has 2 N–H and O–H groups in total. The van der Waals surface area contributed by atoms with E-state index in [4.69, 9.17) is 11.6 Å². The maximum atomic E-state index is 13.5. The van der Waals surface area contributed by atoms with Gasteiger partial charge in [-0.3, -0.25) is 0 Å². The summed E-state index contributed by atoms with van der Waals surface area (Å²) in [5, 5.41) is 13.6. The summed E-state index contributed by atoms with van der Waals surface area (Å²) in [6.07, 6.45) is 0.711. The standard InChI is InChI=1S/C14H21ClFNO/c1-10(2)7-14(3,18)9-17-8-11-4-5-12(15)6-13(11)16/h4-6,10,17-18H,7-9H2,1-3H3. The SMILES string of the molecule is CC(C)CC(C)(O)CNCc1ccc(Cl)cc1F. The molecule has 0 bridgehead atoms. The predicted octanol–water partition coefficient (Wildman–Crippen LogP) is 3.37. The molecule has 0 spiro atoms. The Morgan fingerprint density at radius 3 is 2.67 bits per heavy atom. The van der Waals surface area contributed by atoms with Crippen molar-refractivity contribution in [1.82, 2.24) is 5.32 Å². The van der Waals surface area contributed by atoms with E-state index in [1.165, 1.54) is 6.07 Å². The highest BCUT2D eigenvalue weighted by Gasteiger charge is 2.21. The van der Waals surface area contributed by atoms with E-state index in [1.807, 2.05) is 0 Å². The minimum Gasteiger partial charge on any atom is -0.389 e. The minimum atomic E-state index is -0.767. The molecule has 0 heterocycles. The van der Waals surface area contributed by atoms with Crippen molar-refractivity contribution in [1.29, 1.82) is 0 Å². The quantitative estimate of drug-likeness (QED) is 0.833. The summed E-state index contributed by atoms with van der Waals surface area (Å²) in [5.41, 5.74) is -0.211.